The van der Waals surface area contributed by atoms with Crippen molar-refractivity contribution >= 4 is 11.6 Å². The molecule has 0 saturated carbocycles. The van der Waals surface area contributed by atoms with Gasteiger partial charge in [0.2, 0.25) is 0 Å². The van der Waals surface area contributed by atoms with Crippen LogP contribution in [0.4, 0.5) is 4.39 Å². The molecule has 1 N–H and O–H groups in total. The van der Waals surface area contributed by atoms with Crippen molar-refractivity contribution in [3.63, 3.8) is 0 Å². The summed E-state index contributed by atoms with van der Waals surface area (Å²) >= 11 is 5.83. The molecule has 1 rings (SSSR count). The maximum absolute atomic E-state index is 14.1. The molecule has 0 aliphatic rings. The van der Waals surface area contributed by atoms with Gasteiger partial charge in [0.25, 0.3) is 0 Å². The second kappa shape index (κ2) is 9.32. The molecule has 1 aromatic carbocycles. The molecule has 2 nitrogen and oxygen atoms in total. The van der Waals surface area contributed by atoms with Crippen molar-refractivity contribution in [1.82, 2.24) is 10.2 Å². The first-order valence-electron chi connectivity index (χ1n) is 7.53. The Morgan fingerprint density at radius 1 is 1.25 bits per heavy atom. The molecule has 1 aromatic rings. The number of nitrogens with zero attached hydrogens (tertiary/aromatic N) is 1. The predicted molar refractivity (Wildman–Crippen MR) is 84.8 cm³/mol. The molecule has 1 atom stereocenters. The summed E-state index contributed by atoms with van der Waals surface area (Å²) in [6, 6.07) is 5.01. The zero-order chi connectivity index (χ0) is 15.0. The third-order valence-corrected chi connectivity index (χ3v) is 3.84. The molecule has 0 saturated heterocycles. The smallest absolute Gasteiger partial charge is 0.129 e. The highest BCUT2D eigenvalue weighted by Crippen LogP contribution is 2.23. The molecule has 0 bridgehead atoms. The number of hydrogen-bond acceptors (Lipinski definition) is 2. The monoisotopic (exact) mass is 300 g/mol. The fourth-order valence-electron chi connectivity index (χ4n) is 2.32. The maximum atomic E-state index is 14.1. The Balaban J connectivity index is 2.77. The Morgan fingerprint density at radius 3 is 2.50 bits per heavy atom. The van der Waals surface area contributed by atoms with Crippen molar-refractivity contribution in [2.24, 2.45) is 0 Å². The van der Waals surface area contributed by atoms with E-state index in [0.29, 0.717) is 5.02 Å². The molecule has 20 heavy (non-hydrogen) atoms. The SMILES string of the molecule is CCCNC(CCN(CC)CC)c1ccc(Cl)cc1F. The van der Waals surface area contributed by atoms with E-state index in [1.54, 1.807) is 12.1 Å². The highest BCUT2D eigenvalue weighted by molar-refractivity contribution is 6.30. The second-order valence-corrected chi connectivity index (χ2v) is 5.42. The summed E-state index contributed by atoms with van der Waals surface area (Å²) in [5.41, 5.74) is 0.718. The van der Waals surface area contributed by atoms with Crippen LogP contribution in [-0.4, -0.2) is 31.1 Å². The molecule has 0 aliphatic heterocycles. The van der Waals surface area contributed by atoms with Gasteiger partial charge in [0.15, 0.2) is 0 Å². The molecule has 0 aromatic heterocycles. The number of halogens is 2. The lowest BCUT2D eigenvalue weighted by Crippen LogP contribution is -2.30. The van der Waals surface area contributed by atoms with Gasteiger partial charge in [-0.2, -0.15) is 0 Å². The maximum Gasteiger partial charge on any atom is 0.129 e. The van der Waals surface area contributed by atoms with Crippen molar-refractivity contribution in [1.29, 1.82) is 0 Å². The highest BCUT2D eigenvalue weighted by atomic mass is 35.5. The average Bonchev–Trinajstić information content (AvgIpc) is 2.44. The molecule has 114 valence electrons. The number of nitrogens with one attached hydrogen (secondary N) is 1. The van der Waals surface area contributed by atoms with Gasteiger partial charge in [-0.1, -0.05) is 38.4 Å². The van der Waals surface area contributed by atoms with E-state index < -0.39 is 0 Å². The molecule has 4 heteroatoms. The van der Waals surface area contributed by atoms with E-state index >= 15 is 0 Å². The zero-order valence-corrected chi connectivity index (χ0v) is 13.5. The van der Waals surface area contributed by atoms with E-state index in [2.05, 4.69) is 31.0 Å². The molecular weight excluding hydrogens is 275 g/mol. The van der Waals surface area contributed by atoms with Crippen LogP contribution in [-0.2, 0) is 0 Å². The van der Waals surface area contributed by atoms with E-state index in [4.69, 9.17) is 11.6 Å². The van der Waals surface area contributed by atoms with Crippen molar-refractivity contribution in [2.45, 2.75) is 39.7 Å². The van der Waals surface area contributed by atoms with Crippen LogP contribution in [0.2, 0.25) is 5.02 Å². The standard InChI is InChI=1S/C16H26ClFN2/c1-4-10-19-16(9-11-20(5-2)6-3)14-8-7-13(17)12-15(14)18/h7-8,12,16,19H,4-6,9-11H2,1-3H3. The van der Waals surface area contributed by atoms with Gasteiger partial charge in [-0.05, 0) is 51.2 Å². The van der Waals surface area contributed by atoms with Crippen molar-refractivity contribution in [3.8, 4) is 0 Å². The van der Waals surface area contributed by atoms with Crippen LogP contribution in [0.25, 0.3) is 0 Å². The zero-order valence-electron chi connectivity index (χ0n) is 12.8. The lowest BCUT2D eigenvalue weighted by molar-refractivity contribution is 0.280. The fraction of sp³-hybridized carbons (Fsp3) is 0.625. The van der Waals surface area contributed by atoms with Crippen molar-refractivity contribution in [2.75, 3.05) is 26.2 Å². The molecule has 0 amide bonds. The third kappa shape index (κ3) is 5.39. The Hall–Kier alpha value is -0.640. The third-order valence-electron chi connectivity index (χ3n) is 3.61. The summed E-state index contributed by atoms with van der Waals surface area (Å²) < 4.78 is 14.1. The lowest BCUT2D eigenvalue weighted by atomic mass is 10.0. The van der Waals surface area contributed by atoms with Crippen LogP contribution in [0.15, 0.2) is 18.2 Å². The van der Waals surface area contributed by atoms with Gasteiger partial charge in [0.1, 0.15) is 5.82 Å². The summed E-state index contributed by atoms with van der Waals surface area (Å²) in [5.74, 6) is -0.217. The van der Waals surface area contributed by atoms with Crippen LogP contribution in [0, 0.1) is 5.82 Å². The average molecular weight is 301 g/mol. The first-order chi connectivity index (χ1) is 9.62. The van der Waals surface area contributed by atoms with Crippen LogP contribution in [0.3, 0.4) is 0 Å². The van der Waals surface area contributed by atoms with E-state index in [-0.39, 0.29) is 11.9 Å². The van der Waals surface area contributed by atoms with Gasteiger partial charge >= 0.3 is 0 Å². The second-order valence-electron chi connectivity index (χ2n) is 4.99. The molecule has 0 fully saturated rings. The van der Waals surface area contributed by atoms with Gasteiger partial charge in [-0.3, -0.25) is 0 Å². The van der Waals surface area contributed by atoms with Crippen LogP contribution in [0.5, 0.6) is 0 Å². The molecule has 1 unspecified atom stereocenters. The molecule has 0 spiro atoms. The van der Waals surface area contributed by atoms with Crippen LogP contribution < -0.4 is 5.32 Å². The van der Waals surface area contributed by atoms with Crippen LogP contribution >= 0.6 is 11.6 Å². The Labute approximate surface area is 127 Å². The summed E-state index contributed by atoms with van der Waals surface area (Å²) in [7, 11) is 0. The first-order valence-corrected chi connectivity index (χ1v) is 7.90. The first kappa shape index (κ1) is 17.4. The Bertz CT molecular complexity index is 394. The molecule has 0 aliphatic carbocycles. The van der Waals surface area contributed by atoms with E-state index in [0.717, 1.165) is 44.6 Å². The molecular formula is C16H26ClFN2. The van der Waals surface area contributed by atoms with Gasteiger partial charge < -0.3 is 10.2 Å². The lowest BCUT2D eigenvalue weighted by Gasteiger charge is -2.24. The van der Waals surface area contributed by atoms with E-state index in [1.807, 2.05) is 0 Å². The van der Waals surface area contributed by atoms with Gasteiger partial charge in [0, 0.05) is 16.6 Å². The van der Waals surface area contributed by atoms with Crippen LogP contribution in [0.1, 0.15) is 45.2 Å². The summed E-state index contributed by atoms with van der Waals surface area (Å²) in [6.45, 7) is 10.3. The van der Waals surface area contributed by atoms with E-state index in [9.17, 15) is 4.39 Å². The summed E-state index contributed by atoms with van der Waals surface area (Å²) in [5, 5.41) is 3.89. The molecule has 0 radical (unpaired) electrons. The van der Waals surface area contributed by atoms with E-state index in [1.165, 1.54) is 6.07 Å². The quantitative estimate of drug-likeness (QED) is 0.733. The van der Waals surface area contributed by atoms with Gasteiger partial charge in [0.05, 0.1) is 0 Å². The Morgan fingerprint density at radius 2 is 1.95 bits per heavy atom. The molecule has 0 heterocycles. The predicted octanol–water partition coefficient (Wildman–Crippen LogP) is 4.25. The number of rotatable bonds is 9. The summed E-state index contributed by atoms with van der Waals surface area (Å²) in [6.07, 6.45) is 1.94. The summed E-state index contributed by atoms with van der Waals surface area (Å²) in [4.78, 5) is 2.36. The minimum absolute atomic E-state index is 0.0489. The number of benzene rings is 1. The largest absolute Gasteiger partial charge is 0.310 e. The van der Waals surface area contributed by atoms with Crippen molar-refractivity contribution in [3.05, 3.63) is 34.6 Å². The normalized spacial score (nSPS) is 12.9. The number of hydrogen-bond donors (Lipinski definition) is 1. The minimum Gasteiger partial charge on any atom is -0.310 e. The van der Waals surface area contributed by atoms with Crippen molar-refractivity contribution < 1.29 is 4.39 Å². The van der Waals surface area contributed by atoms with Gasteiger partial charge in [-0.15, -0.1) is 0 Å². The fourth-order valence-corrected chi connectivity index (χ4v) is 2.48. The minimum atomic E-state index is -0.217. The highest BCUT2D eigenvalue weighted by Gasteiger charge is 2.16. The topological polar surface area (TPSA) is 15.3 Å². The van der Waals surface area contributed by atoms with Gasteiger partial charge in [-0.25, -0.2) is 4.39 Å². The Kier molecular flexibility index (Phi) is 8.12.